The van der Waals surface area contributed by atoms with Crippen LogP contribution in [0.25, 0.3) is 0 Å². The monoisotopic (exact) mass is 424 g/mol. The molecule has 0 saturated carbocycles. The van der Waals surface area contributed by atoms with E-state index in [1.165, 1.54) is 12.1 Å². The average Bonchev–Trinajstić information content (AvgIpc) is 2.52. The highest BCUT2D eigenvalue weighted by atomic mass is 79.9. The molecule has 0 aliphatic heterocycles. The number of nitrogens with zero attached hydrogens (tertiary/aromatic N) is 1. The third-order valence-corrected chi connectivity index (χ3v) is 3.21. The van der Waals surface area contributed by atoms with Crippen LogP contribution in [-0.4, -0.2) is 45.1 Å². The molecule has 1 rings (SSSR count). The Kier molecular flexibility index (Phi) is 8.51. The molecule has 6 nitrogen and oxygen atoms in total. The maximum atomic E-state index is 11.9. The summed E-state index contributed by atoms with van der Waals surface area (Å²) in [5.41, 5.74) is 0.355. The first-order valence-electron chi connectivity index (χ1n) is 7.17. The summed E-state index contributed by atoms with van der Waals surface area (Å²) in [6, 6.07) is 4.96. The molecular formula is C15H16BrF3N2O4. The van der Waals surface area contributed by atoms with E-state index in [0.29, 0.717) is 22.4 Å². The number of hydrogen-bond donors (Lipinski definition) is 1. The van der Waals surface area contributed by atoms with Crippen molar-refractivity contribution >= 4 is 21.8 Å². The summed E-state index contributed by atoms with van der Waals surface area (Å²) in [7, 11) is 0. The highest BCUT2D eigenvalue weighted by Crippen LogP contribution is 2.36. The first-order chi connectivity index (χ1) is 11.8. The van der Waals surface area contributed by atoms with Gasteiger partial charge in [0.1, 0.15) is 6.61 Å². The lowest BCUT2D eigenvalue weighted by Crippen LogP contribution is -2.32. The van der Waals surface area contributed by atoms with Gasteiger partial charge in [-0.25, -0.2) is 0 Å². The largest absolute Gasteiger partial charge is 0.490 e. The van der Waals surface area contributed by atoms with Gasteiger partial charge in [0.05, 0.1) is 29.3 Å². The van der Waals surface area contributed by atoms with Gasteiger partial charge in [-0.15, -0.1) is 0 Å². The van der Waals surface area contributed by atoms with E-state index in [1.54, 1.807) is 6.92 Å². The van der Waals surface area contributed by atoms with Gasteiger partial charge in [0.2, 0.25) is 0 Å². The number of alkyl halides is 3. The minimum absolute atomic E-state index is 0.0782. The molecule has 0 atom stereocenters. The van der Waals surface area contributed by atoms with Gasteiger partial charge < -0.3 is 19.5 Å². The molecule has 0 radical (unpaired) electrons. The zero-order valence-electron chi connectivity index (χ0n) is 13.3. The lowest BCUT2D eigenvalue weighted by atomic mass is 10.2. The lowest BCUT2D eigenvalue weighted by Gasteiger charge is -2.14. The van der Waals surface area contributed by atoms with E-state index >= 15 is 0 Å². The third kappa shape index (κ3) is 8.09. The molecule has 1 amide bonds. The van der Waals surface area contributed by atoms with Crippen molar-refractivity contribution in [3.63, 3.8) is 0 Å². The molecule has 138 valence electrons. The summed E-state index contributed by atoms with van der Waals surface area (Å²) in [6.07, 6.45) is -4.40. The second kappa shape index (κ2) is 10.1. The summed E-state index contributed by atoms with van der Waals surface area (Å²) in [5, 5.41) is 11.3. The molecule has 1 aromatic carbocycles. The Morgan fingerprint density at radius 2 is 2.08 bits per heavy atom. The Morgan fingerprint density at radius 3 is 2.68 bits per heavy atom. The topological polar surface area (TPSA) is 80.6 Å². The predicted molar refractivity (Wildman–Crippen MR) is 85.4 cm³/mol. The van der Waals surface area contributed by atoms with Crippen molar-refractivity contribution < 1.29 is 32.2 Å². The van der Waals surface area contributed by atoms with E-state index in [-0.39, 0.29) is 25.5 Å². The Labute approximate surface area is 151 Å². The number of nitrogens with one attached hydrogen (secondary N) is 1. The molecule has 0 spiro atoms. The van der Waals surface area contributed by atoms with Crippen LogP contribution in [0, 0.1) is 11.3 Å². The number of nitriles is 1. The molecule has 0 aliphatic rings. The minimum Gasteiger partial charge on any atom is -0.490 e. The first-order valence-corrected chi connectivity index (χ1v) is 7.96. The number of hydrogen-bond acceptors (Lipinski definition) is 5. The lowest BCUT2D eigenvalue weighted by molar-refractivity contribution is -0.173. The fourth-order valence-electron chi connectivity index (χ4n) is 1.67. The van der Waals surface area contributed by atoms with E-state index in [0.717, 1.165) is 0 Å². The Bertz CT molecular complexity index is 632. The molecule has 0 aliphatic carbocycles. The molecule has 1 N–H and O–H groups in total. The van der Waals surface area contributed by atoms with Crippen LogP contribution in [-0.2, 0) is 9.53 Å². The van der Waals surface area contributed by atoms with Crippen molar-refractivity contribution in [3.8, 4) is 17.6 Å². The standard InChI is InChI=1S/C15H16BrF3N2O4/c1-2-24-12-6-10(7-20)5-11(16)14(12)25-8-13(22)21-3-4-23-9-15(17,18)19/h5-6H,2-4,8-9H2,1H3,(H,21,22). The molecule has 1 aromatic rings. The number of carbonyl (C=O) groups excluding carboxylic acids is 1. The molecule has 0 bridgehead atoms. The van der Waals surface area contributed by atoms with E-state index < -0.39 is 18.7 Å². The average molecular weight is 425 g/mol. The van der Waals surface area contributed by atoms with Crippen LogP contribution < -0.4 is 14.8 Å². The third-order valence-electron chi connectivity index (χ3n) is 2.62. The molecule has 0 fully saturated rings. The smallest absolute Gasteiger partial charge is 0.411 e. The van der Waals surface area contributed by atoms with Gasteiger partial charge in [-0.2, -0.15) is 18.4 Å². The van der Waals surface area contributed by atoms with Gasteiger partial charge in [-0.1, -0.05) is 0 Å². The Balaban J connectivity index is 2.49. The number of halogens is 4. The van der Waals surface area contributed by atoms with Crippen molar-refractivity contribution in [2.45, 2.75) is 13.1 Å². The van der Waals surface area contributed by atoms with Crippen molar-refractivity contribution in [1.29, 1.82) is 5.26 Å². The number of rotatable bonds is 9. The predicted octanol–water partition coefficient (Wildman–Crippen LogP) is 2.79. The maximum Gasteiger partial charge on any atom is 0.411 e. The van der Waals surface area contributed by atoms with Crippen LogP contribution in [0.4, 0.5) is 13.2 Å². The van der Waals surface area contributed by atoms with Crippen LogP contribution in [0.15, 0.2) is 16.6 Å². The fraction of sp³-hybridized carbons (Fsp3) is 0.467. The molecule has 10 heteroatoms. The van der Waals surface area contributed by atoms with Crippen LogP contribution >= 0.6 is 15.9 Å². The van der Waals surface area contributed by atoms with E-state index in [2.05, 4.69) is 26.0 Å². The normalized spacial score (nSPS) is 10.9. The fourth-order valence-corrected chi connectivity index (χ4v) is 2.23. The van der Waals surface area contributed by atoms with Crippen molar-refractivity contribution in [2.75, 3.05) is 33.0 Å². The van der Waals surface area contributed by atoms with Crippen molar-refractivity contribution in [1.82, 2.24) is 5.32 Å². The summed E-state index contributed by atoms with van der Waals surface area (Å²) in [6.45, 7) is 0.00503. The first kappa shape index (κ1) is 21.1. The molecule has 25 heavy (non-hydrogen) atoms. The summed E-state index contributed by atoms with van der Waals surface area (Å²) in [4.78, 5) is 11.7. The second-order valence-electron chi connectivity index (χ2n) is 4.64. The summed E-state index contributed by atoms with van der Waals surface area (Å²) < 4.78 is 51.2. The summed E-state index contributed by atoms with van der Waals surface area (Å²) in [5.74, 6) is 0.0216. The molecule has 0 aromatic heterocycles. The van der Waals surface area contributed by atoms with Crippen LogP contribution in [0.5, 0.6) is 11.5 Å². The minimum atomic E-state index is -4.40. The SMILES string of the molecule is CCOc1cc(C#N)cc(Br)c1OCC(=O)NCCOCC(F)(F)F. The van der Waals surface area contributed by atoms with Gasteiger partial charge in [0.25, 0.3) is 5.91 Å². The number of carbonyl (C=O) groups is 1. The van der Waals surface area contributed by atoms with Gasteiger partial charge in [0, 0.05) is 12.6 Å². The van der Waals surface area contributed by atoms with E-state index in [9.17, 15) is 18.0 Å². The zero-order chi connectivity index (χ0) is 18.9. The number of ether oxygens (including phenoxy) is 3. The Morgan fingerprint density at radius 1 is 1.36 bits per heavy atom. The number of benzene rings is 1. The maximum absolute atomic E-state index is 11.9. The van der Waals surface area contributed by atoms with Crippen LogP contribution in [0.3, 0.4) is 0 Å². The van der Waals surface area contributed by atoms with E-state index in [4.69, 9.17) is 14.7 Å². The zero-order valence-corrected chi connectivity index (χ0v) is 14.9. The Hall–Kier alpha value is -1.99. The highest BCUT2D eigenvalue weighted by Gasteiger charge is 2.27. The van der Waals surface area contributed by atoms with E-state index in [1.807, 2.05) is 6.07 Å². The molecule has 0 unspecified atom stereocenters. The van der Waals surface area contributed by atoms with Gasteiger partial charge in [-0.3, -0.25) is 4.79 Å². The quantitative estimate of drug-likeness (QED) is 0.616. The molecular weight excluding hydrogens is 409 g/mol. The molecule has 0 heterocycles. The van der Waals surface area contributed by atoms with Gasteiger partial charge in [-0.05, 0) is 28.9 Å². The highest BCUT2D eigenvalue weighted by molar-refractivity contribution is 9.10. The van der Waals surface area contributed by atoms with Crippen molar-refractivity contribution in [3.05, 3.63) is 22.2 Å². The molecule has 0 saturated heterocycles. The van der Waals surface area contributed by atoms with Gasteiger partial charge >= 0.3 is 6.18 Å². The van der Waals surface area contributed by atoms with Crippen molar-refractivity contribution in [2.24, 2.45) is 0 Å². The second-order valence-corrected chi connectivity index (χ2v) is 5.49. The van der Waals surface area contributed by atoms with Crippen LogP contribution in [0.1, 0.15) is 12.5 Å². The van der Waals surface area contributed by atoms with Crippen LogP contribution in [0.2, 0.25) is 0 Å². The van der Waals surface area contributed by atoms with Gasteiger partial charge in [0.15, 0.2) is 18.1 Å². The number of amides is 1. The summed E-state index contributed by atoms with van der Waals surface area (Å²) >= 11 is 3.24.